The van der Waals surface area contributed by atoms with E-state index in [1.165, 1.54) is 7.11 Å². The second-order valence-corrected chi connectivity index (χ2v) is 6.07. The Morgan fingerprint density at radius 2 is 2.06 bits per heavy atom. The van der Waals surface area contributed by atoms with Crippen molar-refractivity contribution in [1.29, 1.82) is 0 Å². The molecule has 0 saturated carbocycles. The molecule has 0 aliphatic heterocycles. The molecule has 4 nitrogen and oxygen atoms in total. The van der Waals surface area contributed by atoms with Crippen LogP contribution in [0.1, 0.15) is 11.1 Å². The Morgan fingerprint density at radius 1 is 1.35 bits per heavy atom. The third-order valence-electron chi connectivity index (χ3n) is 2.20. The summed E-state index contributed by atoms with van der Waals surface area (Å²) in [4.78, 5) is 0. The molecular weight excluding hydrogens is 306 g/mol. The van der Waals surface area contributed by atoms with E-state index >= 15 is 0 Å². The Labute approximate surface area is 111 Å². The Bertz CT molecular complexity index is 448. The molecular formula is C11H16BrNO3S. The first-order valence-corrected chi connectivity index (χ1v) is 7.95. The number of alkyl halides is 1. The van der Waals surface area contributed by atoms with Crippen LogP contribution in [0.3, 0.4) is 0 Å². The molecule has 0 aromatic heterocycles. The lowest BCUT2D eigenvalue weighted by Crippen LogP contribution is -2.27. The van der Waals surface area contributed by atoms with E-state index in [2.05, 4.69) is 20.7 Å². The molecule has 0 aliphatic carbocycles. The van der Waals surface area contributed by atoms with Crippen LogP contribution in [0.5, 0.6) is 0 Å². The van der Waals surface area contributed by atoms with E-state index in [1.807, 2.05) is 24.3 Å². The summed E-state index contributed by atoms with van der Waals surface area (Å²) >= 11 is 3.36. The smallest absolute Gasteiger partial charge is 0.214 e. The molecule has 96 valence electrons. The Balaban J connectivity index is 2.54. The Kier molecular flexibility index (Phi) is 6.11. The van der Waals surface area contributed by atoms with Crippen LogP contribution in [0.25, 0.3) is 0 Å². The van der Waals surface area contributed by atoms with Gasteiger partial charge in [-0.05, 0) is 11.1 Å². The number of sulfonamides is 1. The summed E-state index contributed by atoms with van der Waals surface area (Å²) in [5, 5.41) is 0.761. The average Bonchev–Trinajstić information content (AvgIpc) is 2.34. The first-order valence-electron chi connectivity index (χ1n) is 5.17. The summed E-state index contributed by atoms with van der Waals surface area (Å²) in [5.74, 6) is -0.0123. The largest absolute Gasteiger partial charge is 0.384 e. The van der Waals surface area contributed by atoms with Crippen molar-refractivity contribution in [2.45, 2.75) is 11.9 Å². The minimum atomic E-state index is -3.25. The van der Waals surface area contributed by atoms with Crippen LogP contribution in [0.4, 0.5) is 0 Å². The van der Waals surface area contributed by atoms with Crippen LogP contribution in [0, 0.1) is 0 Å². The zero-order valence-electron chi connectivity index (χ0n) is 9.65. The maximum absolute atomic E-state index is 11.5. The van der Waals surface area contributed by atoms with Crippen LogP contribution in [-0.2, 0) is 26.6 Å². The molecule has 0 radical (unpaired) electrons. The van der Waals surface area contributed by atoms with Gasteiger partial charge in [0.2, 0.25) is 10.0 Å². The summed E-state index contributed by atoms with van der Waals surface area (Å²) in [7, 11) is -1.77. The molecule has 0 atom stereocenters. The monoisotopic (exact) mass is 321 g/mol. The zero-order chi connectivity index (χ0) is 12.7. The van der Waals surface area contributed by atoms with E-state index < -0.39 is 10.0 Å². The fourth-order valence-corrected chi connectivity index (χ4v) is 2.55. The van der Waals surface area contributed by atoms with Gasteiger partial charge in [-0.1, -0.05) is 40.2 Å². The summed E-state index contributed by atoms with van der Waals surface area (Å²) in [6.45, 7) is 0.518. The van der Waals surface area contributed by atoms with Gasteiger partial charge in [0, 0.05) is 19.0 Å². The van der Waals surface area contributed by atoms with E-state index in [1.54, 1.807) is 0 Å². The van der Waals surface area contributed by atoms with E-state index in [-0.39, 0.29) is 12.4 Å². The molecule has 0 bridgehead atoms. The molecule has 1 N–H and O–H groups in total. The van der Waals surface area contributed by atoms with Crippen LogP contribution in [0.2, 0.25) is 0 Å². The van der Waals surface area contributed by atoms with Crippen LogP contribution in [-0.4, -0.2) is 27.9 Å². The van der Waals surface area contributed by atoms with Gasteiger partial charge in [0.15, 0.2) is 0 Å². The van der Waals surface area contributed by atoms with Crippen molar-refractivity contribution in [3.8, 4) is 0 Å². The van der Waals surface area contributed by atoms with Crippen molar-refractivity contribution in [2.24, 2.45) is 0 Å². The normalized spacial score (nSPS) is 11.6. The molecule has 0 saturated heterocycles. The molecule has 6 heteroatoms. The Hall–Kier alpha value is -0.430. The molecule has 0 fully saturated rings. The summed E-state index contributed by atoms with van der Waals surface area (Å²) in [5.41, 5.74) is 2.07. The second kappa shape index (κ2) is 7.10. The first kappa shape index (κ1) is 14.6. The van der Waals surface area contributed by atoms with Crippen molar-refractivity contribution in [2.75, 3.05) is 19.5 Å². The number of rotatable bonds is 7. The van der Waals surface area contributed by atoms with Crippen molar-refractivity contribution in [3.05, 3.63) is 35.4 Å². The molecule has 0 unspecified atom stereocenters. The zero-order valence-corrected chi connectivity index (χ0v) is 12.1. The highest BCUT2D eigenvalue weighted by Gasteiger charge is 2.09. The predicted octanol–water partition coefficient (Wildman–Crippen LogP) is 1.65. The van der Waals surface area contributed by atoms with Crippen molar-refractivity contribution in [3.63, 3.8) is 0 Å². The lowest BCUT2D eigenvalue weighted by atomic mass is 10.1. The topological polar surface area (TPSA) is 55.4 Å². The van der Waals surface area contributed by atoms with Gasteiger partial charge in [0.1, 0.15) is 0 Å². The second-order valence-electron chi connectivity index (χ2n) is 3.59. The van der Waals surface area contributed by atoms with Crippen LogP contribution >= 0.6 is 15.9 Å². The van der Waals surface area contributed by atoms with Gasteiger partial charge in [-0.25, -0.2) is 13.1 Å². The van der Waals surface area contributed by atoms with Crippen LogP contribution in [0.15, 0.2) is 24.3 Å². The molecule has 0 amide bonds. The number of nitrogens with one attached hydrogen (secondary N) is 1. The number of halogens is 1. The number of hydrogen-bond donors (Lipinski definition) is 1. The van der Waals surface area contributed by atoms with Gasteiger partial charge in [-0.15, -0.1) is 0 Å². The molecule has 0 spiro atoms. The molecule has 0 heterocycles. The summed E-state index contributed by atoms with van der Waals surface area (Å²) < 4.78 is 30.3. The van der Waals surface area contributed by atoms with Gasteiger partial charge >= 0.3 is 0 Å². The minimum Gasteiger partial charge on any atom is -0.384 e. The van der Waals surface area contributed by atoms with Crippen molar-refractivity contribution in [1.82, 2.24) is 4.72 Å². The fraction of sp³-hybridized carbons (Fsp3) is 0.455. The number of methoxy groups -OCH3 is 1. The fourth-order valence-electron chi connectivity index (χ4n) is 1.28. The lowest BCUT2D eigenvalue weighted by Gasteiger charge is -2.07. The van der Waals surface area contributed by atoms with Crippen molar-refractivity contribution < 1.29 is 13.2 Å². The standard InChI is InChI=1S/C11H16BrNO3S/c1-16-5-6-17(14,15)13-9-11-4-2-3-10(7-11)8-12/h2-4,7,13H,5-6,8-9H2,1H3. The van der Waals surface area contributed by atoms with E-state index in [0.29, 0.717) is 6.54 Å². The molecule has 0 aliphatic rings. The molecule has 1 aromatic carbocycles. The van der Waals surface area contributed by atoms with Gasteiger partial charge in [-0.2, -0.15) is 0 Å². The number of ether oxygens (including phenoxy) is 1. The molecule has 17 heavy (non-hydrogen) atoms. The quantitative estimate of drug-likeness (QED) is 0.777. The number of hydrogen-bond acceptors (Lipinski definition) is 3. The third-order valence-corrected chi connectivity index (χ3v) is 4.13. The predicted molar refractivity (Wildman–Crippen MR) is 71.6 cm³/mol. The van der Waals surface area contributed by atoms with Crippen molar-refractivity contribution >= 4 is 26.0 Å². The van der Waals surface area contributed by atoms with E-state index in [0.717, 1.165) is 16.5 Å². The maximum atomic E-state index is 11.5. The average molecular weight is 322 g/mol. The highest BCUT2D eigenvalue weighted by molar-refractivity contribution is 9.08. The Morgan fingerprint density at radius 3 is 2.71 bits per heavy atom. The third kappa shape index (κ3) is 5.63. The van der Waals surface area contributed by atoms with E-state index in [9.17, 15) is 8.42 Å². The van der Waals surface area contributed by atoms with Gasteiger partial charge < -0.3 is 4.74 Å². The first-order chi connectivity index (χ1) is 8.07. The highest BCUT2D eigenvalue weighted by Crippen LogP contribution is 2.08. The number of benzene rings is 1. The van der Waals surface area contributed by atoms with Crippen LogP contribution < -0.4 is 4.72 Å². The molecule has 1 aromatic rings. The SMILES string of the molecule is COCCS(=O)(=O)NCc1cccc(CBr)c1. The van der Waals surface area contributed by atoms with Gasteiger partial charge in [0.25, 0.3) is 0 Å². The van der Waals surface area contributed by atoms with Gasteiger partial charge in [0.05, 0.1) is 12.4 Å². The summed E-state index contributed by atoms with van der Waals surface area (Å²) in [6, 6.07) is 7.76. The highest BCUT2D eigenvalue weighted by atomic mass is 79.9. The minimum absolute atomic E-state index is 0.0123. The molecule has 1 rings (SSSR count). The lowest BCUT2D eigenvalue weighted by molar-refractivity contribution is 0.217. The summed E-state index contributed by atoms with van der Waals surface area (Å²) in [6.07, 6.45) is 0. The maximum Gasteiger partial charge on any atom is 0.214 e. The van der Waals surface area contributed by atoms with E-state index in [4.69, 9.17) is 4.74 Å². The van der Waals surface area contributed by atoms with Gasteiger partial charge in [-0.3, -0.25) is 0 Å².